The monoisotopic (exact) mass is 437 g/mol. The number of nitrogens with one attached hydrogen (secondary N) is 1. The molecule has 0 saturated heterocycles. The van der Waals surface area contributed by atoms with Gasteiger partial charge in [-0.2, -0.15) is 4.98 Å². The summed E-state index contributed by atoms with van der Waals surface area (Å²) >= 11 is 9.89. The SMILES string of the molecule is CC(=O)O.Nc1nc(N)c2c(Cl)c(CNc3cccc(Br)c3)ccc2n1. The molecule has 1 aromatic heterocycles. The van der Waals surface area contributed by atoms with E-state index in [4.69, 9.17) is 33.0 Å². The van der Waals surface area contributed by atoms with Crippen molar-refractivity contribution in [1.82, 2.24) is 9.97 Å². The summed E-state index contributed by atoms with van der Waals surface area (Å²) in [6.07, 6.45) is 0. The molecule has 136 valence electrons. The molecule has 0 radical (unpaired) electrons. The zero-order valence-electron chi connectivity index (χ0n) is 13.8. The van der Waals surface area contributed by atoms with E-state index in [1.165, 1.54) is 0 Å². The van der Waals surface area contributed by atoms with Crippen LogP contribution >= 0.6 is 27.5 Å². The van der Waals surface area contributed by atoms with E-state index in [-0.39, 0.29) is 11.8 Å². The molecule has 3 aromatic rings. The molecule has 9 heteroatoms. The minimum Gasteiger partial charge on any atom is -0.481 e. The lowest BCUT2D eigenvalue weighted by atomic mass is 10.1. The molecule has 0 spiro atoms. The zero-order valence-corrected chi connectivity index (χ0v) is 16.2. The van der Waals surface area contributed by atoms with Gasteiger partial charge in [0.25, 0.3) is 5.97 Å². The first kappa shape index (κ1) is 19.7. The maximum Gasteiger partial charge on any atom is 0.300 e. The Hall–Kier alpha value is -2.58. The van der Waals surface area contributed by atoms with Crippen molar-refractivity contribution in [3.05, 3.63) is 51.5 Å². The van der Waals surface area contributed by atoms with Crippen LogP contribution in [0.2, 0.25) is 5.02 Å². The van der Waals surface area contributed by atoms with Crippen LogP contribution in [0.3, 0.4) is 0 Å². The van der Waals surface area contributed by atoms with Gasteiger partial charge in [0.15, 0.2) is 0 Å². The van der Waals surface area contributed by atoms with E-state index < -0.39 is 5.97 Å². The van der Waals surface area contributed by atoms with Gasteiger partial charge in [0.1, 0.15) is 5.82 Å². The third kappa shape index (κ3) is 5.21. The van der Waals surface area contributed by atoms with Crippen molar-refractivity contribution in [3.8, 4) is 0 Å². The molecule has 0 unspecified atom stereocenters. The number of fused-ring (bicyclic) bond motifs is 1. The number of carbonyl (C=O) groups is 1. The highest BCUT2D eigenvalue weighted by Crippen LogP contribution is 2.31. The zero-order chi connectivity index (χ0) is 19.3. The third-order valence-electron chi connectivity index (χ3n) is 3.23. The minimum atomic E-state index is -0.833. The fraction of sp³-hybridized carbons (Fsp3) is 0.118. The molecule has 3 rings (SSSR count). The molecule has 0 fully saturated rings. The lowest BCUT2D eigenvalue weighted by molar-refractivity contribution is -0.134. The fourth-order valence-corrected chi connectivity index (χ4v) is 2.93. The number of nitrogens with two attached hydrogens (primary N) is 2. The van der Waals surface area contributed by atoms with Gasteiger partial charge < -0.3 is 21.9 Å². The Morgan fingerprint density at radius 1 is 1.27 bits per heavy atom. The normalized spacial score (nSPS) is 10.1. The van der Waals surface area contributed by atoms with Gasteiger partial charge >= 0.3 is 0 Å². The van der Waals surface area contributed by atoms with Crippen molar-refractivity contribution < 1.29 is 9.90 Å². The number of hydrogen-bond donors (Lipinski definition) is 4. The average Bonchev–Trinajstić information content (AvgIpc) is 2.53. The van der Waals surface area contributed by atoms with E-state index in [9.17, 15) is 0 Å². The number of hydrogen-bond acceptors (Lipinski definition) is 6. The molecule has 7 nitrogen and oxygen atoms in total. The van der Waals surface area contributed by atoms with Crippen molar-refractivity contribution in [2.75, 3.05) is 16.8 Å². The number of carboxylic acids is 1. The van der Waals surface area contributed by atoms with Crippen LogP contribution in [0.5, 0.6) is 0 Å². The van der Waals surface area contributed by atoms with Crippen LogP contribution < -0.4 is 16.8 Å². The average molecular weight is 439 g/mol. The van der Waals surface area contributed by atoms with Gasteiger partial charge in [-0.05, 0) is 29.8 Å². The molecule has 0 aliphatic carbocycles. The van der Waals surface area contributed by atoms with Crippen molar-refractivity contribution in [1.29, 1.82) is 0 Å². The van der Waals surface area contributed by atoms with Crippen LogP contribution in [0.1, 0.15) is 12.5 Å². The number of anilines is 3. The van der Waals surface area contributed by atoms with E-state index in [1.807, 2.05) is 36.4 Å². The minimum absolute atomic E-state index is 0.140. The smallest absolute Gasteiger partial charge is 0.300 e. The first-order valence-corrected chi connectivity index (χ1v) is 8.64. The van der Waals surface area contributed by atoms with E-state index in [2.05, 4.69) is 31.2 Å². The first-order valence-electron chi connectivity index (χ1n) is 7.47. The predicted molar refractivity (Wildman–Crippen MR) is 108 cm³/mol. The summed E-state index contributed by atoms with van der Waals surface area (Å²) in [6, 6.07) is 11.7. The summed E-state index contributed by atoms with van der Waals surface area (Å²) in [7, 11) is 0. The summed E-state index contributed by atoms with van der Waals surface area (Å²) in [5.74, 6) is -0.405. The maximum atomic E-state index is 9.00. The van der Waals surface area contributed by atoms with Gasteiger partial charge in [0.05, 0.1) is 15.9 Å². The number of benzene rings is 2. The molecule has 0 aliphatic heterocycles. The van der Waals surface area contributed by atoms with Crippen molar-refractivity contribution in [2.45, 2.75) is 13.5 Å². The number of rotatable bonds is 3. The van der Waals surface area contributed by atoms with Crippen LogP contribution in [0.15, 0.2) is 40.9 Å². The van der Waals surface area contributed by atoms with E-state index in [1.54, 1.807) is 0 Å². The second-order valence-electron chi connectivity index (χ2n) is 5.28. The van der Waals surface area contributed by atoms with Gasteiger partial charge in [0, 0.05) is 23.6 Å². The molecule has 0 atom stereocenters. The first-order chi connectivity index (χ1) is 12.3. The summed E-state index contributed by atoms with van der Waals surface area (Å²) in [5, 5.41) is 11.9. The standard InChI is InChI=1S/C15H13BrClN5.C2H4O2/c16-9-2-1-3-10(6-9)20-7-8-4-5-11-12(13(8)17)14(18)22-15(19)21-11;1-2(3)4/h1-6,20H,7H2,(H4,18,19,21,22);1H3,(H,3,4). The lowest BCUT2D eigenvalue weighted by Gasteiger charge is -2.11. The summed E-state index contributed by atoms with van der Waals surface area (Å²) < 4.78 is 1.01. The second kappa shape index (κ2) is 8.68. The molecule has 0 bridgehead atoms. The molecule has 0 aliphatic rings. The van der Waals surface area contributed by atoms with Crippen LogP contribution in [-0.4, -0.2) is 21.0 Å². The number of nitrogens with zero attached hydrogens (tertiary/aromatic N) is 2. The molecular weight excluding hydrogens is 422 g/mol. The highest BCUT2D eigenvalue weighted by Gasteiger charge is 2.11. The Balaban J connectivity index is 0.000000552. The Morgan fingerprint density at radius 2 is 1.96 bits per heavy atom. The van der Waals surface area contributed by atoms with E-state index >= 15 is 0 Å². The highest BCUT2D eigenvalue weighted by atomic mass is 79.9. The van der Waals surface area contributed by atoms with Gasteiger partial charge in [-0.15, -0.1) is 0 Å². The van der Waals surface area contributed by atoms with Gasteiger partial charge in [-0.3, -0.25) is 4.79 Å². The number of aliphatic carboxylic acids is 1. The summed E-state index contributed by atoms with van der Waals surface area (Å²) in [6.45, 7) is 1.65. The highest BCUT2D eigenvalue weighted by molar-refractivity contribution is 9.10. The molecular formula is C17H17BrClN5O2. The van der Waals surface area contributed by atoms with E-state index in [0.29, 0.717) is 22.5 Å². The van der Waals surface area contributed by atoms with Gasteiger partial charge in [-0.1, -0.05) is 39.7 Å². The molecule has 1 heterocycles. The summed E-state index contributed by atoms with van der Waals surface area (Å²) in [5.41, 5.74) is 14.1. The fourth-order valence-electron chi connectivity index (χ4n) is 2.21. The number of aromatic nitrogens is 2. The van der Waals surface area contributed by atoms with Crippen LogP contribution in [0, 0.1) is 0 Å². The van der Waals surface area contributed by atoms with Crippen molar-refractivity contribution in [3.63, 3.8) is 0 Å². The number of halogens is 2. The van der Waals surface area contributed by atoms with Crippen LogP contribution in [0.25, 0.3) is 10.9 Å². The Morgan fingerprint density at radius 3 is 2.62 bits per heavy atom. The van der Waals surface area contributed by atoms with Gasteiger partial charge in [0.2, 0.25) is 5.95 Å². The maximum absolute atomic E-state index is 9.00. The van der Waals surface area contributed by atoms with Crippen LogP contribution in [-0.2, 0) is 11.3 Å². The molecule has 6 N–H and O–H groups in total. The van der Waals surface area contributed by atoms with Crippen LogP contribution in [0.4, 0.5) is 17.5 Å². The quantitative estimate of drug-likeness (QED) is 0.488. The Bertz CT molecular complexity index is 948. The van der Waals surface area contributed by atoms with E-state index in [0.717, 1.165) is 22.6 Å². The van der Waals surface area contributed by atoms with Crippen molar-refractivity contribution >= 4 is 61.9 Å². The molecule has 0 amide bonds. The lowest BCUT2D eigenvalue weighted by Crippen LogP contribution is -2.04. The largest absolute Gasteiger partial charge is 0.481 e. The molecule has 2 aromatic carbocycles. The van der Waals surface area contributed by atoms with Crippen molar-refractivity contribution in [2.24, 2.45) is 0 Å². The number of carboxylic acid groups (broad SMARTS) is 1. The molecule has 26 heavy (non-hydrogen) atoms. The van der Waals surface area contributed by atoms with Gasteiger partial charge in [-0.25, -0.2) is 4.98 Å². The Kier molecular flexibility index (Phi) is 6.59. The Labute approximate surface area is 163 Å². The number of nitrogen functional groups attached to an aromatic ring is 2. The summed E-state index contributed by atoms with van der Waals surface area (Å²) in [4.78, 5) is 17.1. The predicted octanol–water partition coefficient (Wildman–Crippen LogP) is 3.91. The third-order valence-corrected chi connectivity index (χ3v) is 4.16. The topological polar surface area (TPSA) is 127 Å². The molecule has 0 saturated carbocycles. The second-order valence-corrected chi connectivity index (χ2v) is 6.58.